The smallest absolute Gasteiger partial charge is 0.221 e. The Balaban J connectivity index is 1.86. The van der Waals surface area contributed by atoms with Gasteiger partial charge in [0.25, 0.3) is 0 Å². The van der Waals surface area contributed by atoms with Gasteiger partial charge in [-0.05, 0) is 48.9 Å². The fraction of sp³-hybridized carbons (Fsp3) is 0.333. The summed E-state index contributed by atoms with van der Waals surface area (Å²) in [6.07, 6.45) is -0.0675. The fourth-order valence-electron chi connectivity index (χ4n) is 2.59. The summed E-state index contributed by atoms with van der Waals surface area (Å²) in [6.45, 7) is 4.53. The Kier molecular flexibility index (Phi) is 8.61. The maximum Gasteiger partial charge on any atom is 0.221 e. The maximum absolute atomic E-state index is 11.4. The van der Waals surface area contributed by atoms with E-state index in [1.807, 2.05) is 37.3 Å². The Morgan fingerprint density at radius 3 is 2.52 bits per heavy atom. The zero-order chi connectivity index (χ0) is 21.2. The highest BCUT2D eigenvalue weighted by atomic mass is 35.5. The second-order valence-electron chi connectivity index (χ2n) is 6.40. The number of hydrogen-bond acceptors (Lipinski definition) is 4. The van der Waals surface area contributed by atoms with Crippen LogP contribution in [0.5, 0.6) is 11.5 Å². The van der Waals surface area contributed by atoms with E-state index in [0.717, 1.165) is 11.3 Å². The monoisotopic (exact) mass is 418 g/mol. The van der Waals surface area contributed by atoms with E-state index in [-0.39, 0.29) is 12.0 Å². The molecule has 8 heteroatoms. The fourth-order valence-corrected chi connectivity index (χ4v) is 2.71. The molecule has 1 atom stereocenters. The van der Waals surface area contributed by atoms with Gasteiger partial charge in [-0.3, -0.25) is 9.79 Å². The molecule has 29 heavy (non-hydrogen) atoms. The van der Waals surface area contributed by atoms with Crippen LogP contribution < -0.4 is 25.4 Å². The number of carbonyl (C=O) groups is 1. The van der Waals surface area contributed by atoms with Crippen LogP contribution in [-0.4, -0.2) is 38.7 Å². The zero-order valence-electron chi connectivity index (χ0n) is 17.1. The van der Waals surface area contributed by atoms with Crippen LogP contribution in [0, 0.1) is 0 Å². The number of aliphatic imine (C=N–C) groups is 1. The number of nitrogens with zero attached hydrogens (tertiary/aromatic N) is 1. The molecule has 156 valence electrons. The van der Waals surface area contributed by atoms with Gasteiger partial charge >= 0.3 is 0 Å². The summed E-state index contributed by atoms with van der Waals surface area (Å²) in [6, 6.07) is 12.9. The summed E-state index contributed by atoms with van der Waals surface area (Å²) in [5.41, 5.74) is 1.61. The lowest BCUT2D eigenvalue weighted by atomic mass is 10.2. The molecule has 7 nitrogen and oxygen atoms in total. The predicted molar refractivity (Wildman–Crippen MR) is 117 cm³/mol. The largest absolute Gasteiger partial charge is 0.495 e. The standard InChI is InChI=1S/C21H27ClN4O3/c1-14(29-18-8-6-17(22)7-9-18)12-24-21(23-3)25-13-16-5-10-20(28-4)19(11-16)26-15(2)27/h5-11,14H,12-13H2,1-4H3,(H,26,27)(H2,23,24,25). The third-order valence-electron chi connectivity index (χ3n) is 3.97. The topological polar surface area (TPSA) is 84.0 Å². The lowest BCUT2D eigenvalue weighted by molar-refractivity contribution is -0.114. The minimum atomic E-state index is -0.152. The molecule has 0 aliphatic rings. The van der Waals surface area contributed by atoms with Crippen LogP contribution in [-0.2, 0) is 11.3 Å². The first-order chi connectivity index (χ1) is 13.9. The van der Waals surface area contributed by atoms with E-state index in [9.17, 15) is 4.79 Å². The third-order valence-corrected chi connectivity index (χ3v) is 4.22. The molecule has 0 bridgehead atoms. The summed E-state index contributed by atoms with van der Waals surface area (Å²) >= 11 is 5.89. The number of ether oxygens (including phenoxy) is 2. The summed E-state index contributed by atoms with van der Waals surface area (Å²) in [5.74, 6) is 1.86. The number of halogens is 1. The van der Waals surface area contributed by atoms with Crippen LogP contribution in [0.1, 0.15) is 19.4 Å². The molecular formula is C21H27ClN4O3. The van der Waals surface area contributed by atoms with Crippen molar-refractivity contribution in [1.29, 1.82) is 0 Å². The summed E-state index contributed by atoms with van der Waals surface area (Å²) in [5, 5.41) is 9.92. The van der Waals surface area contributed by atoms with Crippen molar-refractivity contribution < 1.29 is 14.3 Å². The van der Waals surface area contributed by atoms with Crippen LogP contribution in [0.4, 0.5) is 5.69 Å². The molecule has 3 N–H and O–H groups in total. The Hall–Kier alpha value is -2.93. The van der Waals surface area contributed by atoms with Gasteiger partial charge < -0.3 is 25.4 Å². The summed E-state index contributed by atoms with van der Waals surface area (Å²) < 4.78 is 11.1. The van der Waals surface area contributed by atoms with Crippen LogP contribution in [0.2, 0.25) is 5.02 Å². The van der Waals surface area contributed by atoms with Crippen molar-refractivity contribution in [2.75, 3.05) is 26.0 Å². The molecule has 0 aromatic heterocycles. The van der Waals surface area contributed by atoms with Gasteiger partial charge in [-0.25, -0.2) is 0 Å². The van der Waals surface area contributed by atoms with Crippen molar-refractivity contribution in [2.24, 2.45) is 4.99 Å². The highest BCUT2D eigenvalue weighted by Gasteiger charge is 2.08. The molecule has 0 aliphatic carbocycles. The SMILES string of the molecule is CN=C(NCc1ccc(OC)c(NC(C)=O)c1)NCC(C)Oc1ccc(Cl)cc1. The van der Waals surface area contributed by atoms with E-state index >= 15 is 0 Å². The van der Waals surface area contributed by atoms with Gasteiger partial charge in [-0.2, -0.15) is 0 Å². The van der Waals surface area contributed by atoms with Gasteiger partial charge in [-0.1, -0.05) is 17.7 Å². The van der Waals surface area contributed by atoms with E-state index in [1.165, 1.54) is 6.92 Å². The van der Waals surface area contributed by atoms with Crippen molar-refractivity contribution in [3.63, 3.8) is 0 Å². The summed E-state index contributed by atoms with van der Waals surface area (Å²) in [4.78, 5) is 15.6. The number of rotatable bonds is 8. The molecule has 0 saturated carbocycles. The lowest BCUT2D eigenvalue weighted by Gasteiger charge is -2.18. The molecule has 0 heterocycles. The van der Waals surface area contributed by atoms with Crippen LogP contribution >= 0.6 is 11.6 Å². The zero-order valence-corrected chi connectivity index (χ0v) is 17.8. The van der Waals surface area contributed by atoms with Crippen LogP contribution in [0.3, 0.4) is 0 Å². The predicted octanol–water partition coefficient (Wildman–Crippen LogP) is 3.44. The Morgan fingerprint density at radius 1 is 1.17 bits per heavy atom. The van der Waals surface area contributed by atoms with E-state index in [2.05, 4.69) is 20.9 Å². The van der Waals surface area contributed by atoms with Crippen molar-refractivity contribution >= 4 is 29.2 Å². The first kappa shape index (κ1) is 22.4. The number of guanidine groups is 1. The van der Waals surface area contributed by atoms with Gasteiger partial charge in [0.05, 0.1) is 19.3 Å². The molecule has 0 saturated heterocycles. The normalized spacial score (nSPS) is 12.1. The van der Waals surface area contributed by atoms with Gasteiger partial charge in [0.15, 0.2) is 5.96 Å². The lowest BCUT2D eigenvalue weighted by Crippen LogP contribution is -2.41. The average molecular weight is 419 g/mol. The van der Waals surface area contributed by atoms with Gasteiger partial charge in [0, 0.05) is 25.5 Å². The first-order valence-electron chi connectivity index (χ1n) is 9.22. The minimum absolute atomic E-state index is 0.0675. The second-order valence-corrected chi connectivity index (χ2v) is 6.84. The molecule has 2 aromatic rings. The van der Waals surface area contributed by atoms with Crippen molar-refractivity contribution in [2.45, 2.75) is 26.5 Å². The number of amides is 1. The number of methoxy groups -OCH3 is 1. The second kappa shape index (κ2) is 11.2. The van der Waals surface area contributed by atoms with E-state index in [1.54, 1.807) is 26.3 Å². The molecule has 0 spiro atoms. The third kappa shape index (κ3) is 7.54. The van der Waals surface area contributed by atoms with Gasteiger partial charge in [0.1, 0.15) is 17.6 Å². The summed E-state index contributed by atoms with van der Waals surface area (Å²) in [7, 11) is 3.27. The van der Waals surface area contributed by atoms with E-state index < -0.39 is 0 Å². The number of benzene rings is 2. The Labute approximate surface area is 176 Å². The van der Waals surface area contributed by atoms with Crippen molar-refractivity contribution in [3.05, 3.63) is 53.1 Å². The molecule has 1 amide bonds. The van der Waals surface area contributed by atoms with Gasteiger partial charge in [-0.15, -0.1) is 0 Å². The van der Waals surface area contributed by atoms with Crippen LogP contribution in [0.25, 0.3) is 0 Å². The van der Waals surface area contributed by atoms with E-state index in [4.69, 9.17) is 21.1 Å². The molecular weight excluding hydrogens is 392 g/mol. The van der Waals surface area contributed by atoms with Gasteiger partial charge in [0.2, 0.25) is 5.91 Å². The quantitative estimate of drug-likeness (QED) is 0.451. The Morgan fingerprint density at radius 2 is 1.90 bits per heavy atom. The highest BCUT2D eigenvalue weighted by molar-refractivity contribution is 6.30. The maximum atomic E-state index is 11.4. The van der Waals surface area contributed by atoms with E-state index in [0.29, 0.717) is 35.5 Å². The first-order valence-corrected chi connectivity index (χ1v) is 9.60. The molecule has 2 rings (SSSR count). The Bertz CT molecular complexity index is 840. The van der Waals surface area contributed by atoms with Crippen LogP contribution in [0.15, 0.2) is 47.5 Å². The molecule has 0 radical (unpaired) electrons. The number of nitrogens with one attached hydrogen (secondary N) is 3. The molecule has 0 aliphatic heterocycles. The number of anilines is 1. The number of hydrogen-bond donors (Lipinski definition) is 3. The molecule has 2 aromatic carbocycles. The average Bonchev–Trinajstić information content (AvgIpc) is 2.69. The highest BCUT2D eigenvalue weighted by Crippen LogP contribution is 2.25. The molecule has 0 fully saturated rings. The minimum Gasteiger partial charge on any atom is -0.495 e. The number of carbonyl (C=O) groups excluding carboxylic acids is 1. The van der Waals surface area contributed by atoms with Crippen molar-refractivity contribution in [1.82, 2.24) is 10.6 Å². The molecule has 1 unspecified atom stereocenters. The van der Waals surface area contributed by atoms with Crippen molar-refractivity contribution in [3.8, 4) is 11.5 Å².